The number of benzene rings is 2. The molecule has 0 spiro atoms. The Morgan fingerprint density at radius 3 is 2.60 bits per heavy atom. The molecule has 0 aliphatic heterocycles. The van der Waals surface area contributed by atoms with Crippen LogP contribution in [0.3, 0.4) is 0 Å². The number of carbonyl (C=O) groups is 1. The number of nitrogens with one attached hydrogen (secondary N) is 1. The van der Waals surface area contributed by atoms with Crippen molar-refractivity contribution in [3.63, 3.8) is 0 Å². The van der Waals surface area contributed by atoms with Gasteiger partial charge in [-0.25, -0.2) is 0 Å². The molecule has 134 valence electrons. The van der Waals surface area contributed by atoms with Crippen molar-refractivity contribution in [3.8, 4) is 5.75 Å². The highest BCUT2D eigenvalue weighted by molar-refractivity contribution is 7.98. The van der Waals surface area contributed by atoms with Crippen molar-refractivity contribution < 1.29 is 9.53 Å². The van der Waals surface area contributed by atoms with Crippen LogP contribution in [-0.2, 0) is 10.5 Å². The lowest BCUT2D eigenvalue weighted by molar-refractivity contribution is -0.127. The summed E-state index contributed by atoms with van der Waals surface area (Å²) in [6, 6.07) is 13.1. The van der Waals surface area contributed by atoms with E-state index in [0.29, 0.717) is 22.3 Å². The van der Waals surface area contributed by atoms with Gasteiger partial charge in [0.1, 0.15) is 5.75 Å². The predicted molar refractivity (Wildman–Crippen MR) is 107 cm³/mol. The number of hydrogen-bond donors (Lipinski definition) is 1. The smallest absolute Gasteiger partial charge is 0.260 e. The van der Waals surface area contributed by atoms with Crippen molar-refractivity contribution in [1.29, 1.82) is 0 Å². The number of carbonyl (C=O) groups excluding carboxylic acids is 1. The Bertz CT molecular complexity index is 707. The summed E-state index contributed by atoms with van der Waals surface area (Å²) < 4.78 is 5.64. The summed E-state index contributed by atoms with van der Waals surface area (Å²) >= 11 is 13.7. The van der Waals surface area contributed by atoms with Gasteiger partial charge in [0.15, 0.2) is 6.10 Å². The second kappa shape index (κ2) is 9.95. The second-order valence-corrected chi connectivity index (χ2v) is 7.60. The van der Waals surface area contributed by atoms with Crippen molar-refractivity contribution in [2.24, 2.45) is 0 Å². The van der Waals surface area contributed by atoms with E-state index in [4.69, 9.17) is 27.9 Å². The Balaban J connectivity index is 1.66. The zero-order valence-electron chi connectivity index (χ0n) is 14.2. The molecule has 3 nitrogen and oxygen atoms in total. The summed E-state index contributed by atoms with van der Waals surface area (Å²) in [7, 11) is 0. The fraction of sp³-hybridized carbons (Fsp3) is 0.316. The van der Waals surface area contributed by atoms with Crippen LogP contribution in [0.15, 0.2) is 42.5 Å². The van der Waals surface area contributed by atoms with Gasteiger partial charge in [-0.15, -0.1) is 0 Å². The molecule has 0 aliphatic carbocycles. The molecule has 0 fully saturated rings. The molecule has 2 aromatic carbocycles. The number of hydrogen-bond acceptors (Lipinski definition) is 3. The number of halogens is 2. The Labute approximate surface area is 163 Å². The van der Waals surface area contributed by atoms with Crippen LogP contribution in [0.5, 0.6) is 5.75 Å². The molecule has 25 heavy (non-hydrogen) atoms. The van der Waals surface area contributed by atoms with Gasteiger partial charge in [-0.3, -0.25) is 4.79 Å². The first kappa shape index (κ1) is 20.0. The molecular weight excluding hydrogens is 377 g/mol. The van der Waals surface area contributed by atoms with Gasteiger partial charge in [0.2, 0.25) is 0 Å². The third kappa shape index (κ3) is 6.81. The van der Waals surface area contributed by atoms with Crippen LogP contribution in [0.25, 0.3) is 0 Å². The highest BCUT2D eigenvalue weighted by atomic mass is 35.5. The molecule has 1 atom stereocenters. The van der Waals surface area contributed by atoms with Crippen LogP contribution in [0.4, 0.5) is 0 Å². The number of rotatable bonds is 8. The van der Waals surface area contributed by atoms with Gasteiger partial charge in [0.05, 0.1) is 0 Å². The zero-order valence-corrected chi connectivity index (χ0v) is 16.5. The van der Waals surface area contributed by atoms with Crippen LogP contribution in [0.1, 0.15) is 18.1 Å². The molecule has 2 rings (SSSR count). The minimum Gasteiger partial charge on any atom is -0.481 e. The van der Waals surface area contributed by atoms with E-state index < -0.39 is 6.10 Å². The maximum atomic E-state index is 12.1. The molecule has 0 aliphatic rings. The first-order valence-electron chi connectivity index (χ1n) is 7.98. The Kier molecular flexibility index (Phi) is 7.94. The summed E-state index contributed by atoms with van der Waals surface area (Å²) in [5.74, 6) is 2.15. The summed E-state index contributed by atoms with van der Waals surface area (Å²) in [6.07, 6.45) is -0.529. The highest BCUT2D eigenvalue weighted by Gasteiger charge is 2.13. The van der Waals surface area contributed by atoms with E-state index in [9.17, 15) is 4.79 Å². The maximum Gasteiger partial charge on any atom is 0.260 e. The van der Waals surface area contributed by atoms with E-state index in [2.05, 4.69) is 5.32 Å². The van der Waals surface area contributed by atoms with Gasteiger partial charge in [-0.2, -0.15) is 11.8 Å². The van der Waals surface area contributed by atoms with Crippen molar-refractivity contribution in [1.82, 2.24) is 5.32 Å². The molecule has 0 saturated heterocycles. The van der Waals surface area contributed by atoms with E-state index in [1.165, 1.54) is 0 Å². The van der Waals surface area contributed by atoms with Gasteiger partial charge in [0.25, 0.3) is 5.91 Å². The van der Waals surface area contributed by atoms with Crippen molar-refractivity contribution in [2.75, 3.05) is 12.3 Å². The van der Waals surface area contributed by atoms with Crippen LogP contribution < -0.4 is 10.1 Å². The standard InChI is InChI=1S/C19H21Cl2NO2S/c1-13-3-7-17(8-4-13)24-14(2)19(23)22-9-10-25-12-15-5-6-16(20)11-18(15)21/h3-8,11,14H,9-10,12H2,1-2H3,(H,22,23)/t14-/m1/s1. The van der Waals surface area contributed by atoms with Gasteiger partial charge in [-0.1, -0.05) is 47.0 Å². The lowest BCUT2D eigenvalue weighted by Gasteiger charge is -2.14. The predicted octanol–water partition coefficient (Wildman–Crippen LogP) is 5.12. The topological polar surface area (TPSA) is 38.3 Å². The summed E-state index contributed by atoms with van der Waals surface area (Å²) in [4.78, 5) is 12.1. The van der Waals surface area contributed by atoms with Crippen LogP contribution in [0, 0.1) is 6.92 Å². The van der Waals surface area contributed by atoms with Crippen LogP contribution in [0.2, 0.25) is 10.0 Å². The van der Waals surface area contributed by atoms with Crippen LogP contribution >= 0.6 is 35.0 Å². The van der Waals surface area contributed by atoms with Gasteiger partial charge >= 0.3 is 0 Å². The molecule has 6 heteroatoms. The summed E-state index contributed by atoms with van der Waals surface area (Å²) in [6.45, 7) is 4.33. The van der Waals surface area contributed by atoms with Crippen molar-refractivity contribution in [3.05, 3.63) is 63.6 Å². The Morgan fingerprint density at radius 2 is 1.92 bits per heavy atom. The minimum absolute atomic E-state index is 0.120. The lowest BCUT2D eigenvalue weighted by atomic mass is 10.2. The van der Waals surface area contributed by atoms with E-state index in [1.54, 1.807) is 24.8 Å². The molecule has 1 N–H and O–H groups in total. The third-order valence-electron chi connectivity index (χ3n) is 3.52. The van der Waals surface area contributed by atoms with Gasteiger partial charge in [-0.05, 0) is 43.7 Å². The average Bonchev–Trinajstić information content (AvgIpc) is 2.58. The average molecular weight is 398 g/mol. The van der Waals surface area contributed by atoms with Crippen molar-refractivity contribution in [2.45, 2.75) is 25.7 Å². The molecule has 0 saturated carbocycles. The van der Waals surface area contributed by atoms with E-state index in [0.717, 1.165) is 22.6 Å². The SMILES string of the molecule is Cc1ccc(O[C@H](C)C(=O)NCCSCc2ccc(Cl)cc2Cl)cc1. The molecule has 0 unspecified atom stereocenters. The molecule has 0 radical (unpaired) electrons. The second-order valence-electron chi connectivity index (χ2n) is 5.65. The summed E-state index contributed by atoms with van der Waals surface area (Å²) in [5, 5.41) is 4.19. The molecule has 1 amide bonds. The number of amides is 1. The highest BCUT2D eigenvalue weighted by Crippen LogP contribution is 2.24. The Morgan fingerprint density at radius 1 is 1.20 bits per heavy atom. The van der Waals surface area contributed by atoms with Gasteiger partial charge in [0, 0.05) is 28.1 Å². The fourth-order valence-electron chi connectivity index (χ4n) is 2.09. The number of ether oxygens (including phenoxy) is 1. The quantitative estimate of drug-likeness (QED) is 0.628. The van der Waals surface area contributed by atoms with Gasteiger partial charge < -0.3 is 10.1 Å². The molecule has 0 heterocycles. The van der Waals surface area contributed by atoms with Crippen molar-refractivity contribution >= 4 is 40.9 Å². The van der Waals surface area contributed by atoms with E-state index >= 15 is 0 Å². The lowest BCUT2D eigenvalue weighted by Crippen LogP contribution is -2.37. The van der Waals surface area contributed by atoms with E-state index in [-0.39, 0.29) is 5.91 Å². The number of thioether (sulfide) groups is 1. The molecular formula is C19H21Cl2NO2S. The molecule has 0 bridgehead atoms. The first-order chi connectivity index (χ1) is 12.0. The van der Waals surface area contributed by atoms with E-state index in [1.807, 2.05) is 43.3 Å². The largest absolute Gasteiger partial charge is 0.481 e. The molecule has 0 aromatic heterocycles. The zero-order chi connectivity index (χ0) is 18.2. The first-order valence-corrected chi connectivity index (χ1v) is 9.89. The Hall–Kier alpha value is -1.36. The maximum absolute atomic E-state index is 12.1. The third-order valence-corrected chi connectivity index (χ3v) is 5.12. The van der Waals surface area contributed by atoms with Crippen LogP contribution in [-0.4, -0.2) is 24.3 Å². The fourth-order valence-corrected chi connectivity index (χ4v) is 3.50. The monoisotopic (exact) mass is 397 g/mol. The molecule has 2 aromatic rings. The summed E-state index contributed by atoms with van der Waals surface area (Å²) in [5.41, 5.74) is 2.20. The minimum atomic E-state index is -0.529. The normalized spacial score (nSPS) is 11.8. The number of aryl methyl sites for hydroxylation is 1.